The van der Waals surface area contributed by atoms with Crippen LogP contribution < -0.4 is 10.6 Å². The summed E-state index contributed by atoms with van der Waals surface area (Å²) in [5.74, 6) is 0.694. The van der Waals surface area contributed by atoms with E-state index in [-0.39, 0.29) is 0 Å². The van der Waals surface area contributed by atoms with Gasteiger partial charge in [-0.1, -0.05) is 6.92 Å². The number of nitrogens with one attached hydrogen (secondary N) is 2. The zero-order valence-electron chi connectivity index (χ0n) is 12.3. The van der Waals surface area contributed by atoms with Crippen molar-refractivity contribution < 1.29 is 13.2 Å². The van der Waals surface area contributed by atoms with Crippen molar-refractivity contribution in [2.24, 2.45) is 4.99 Å². The van der Waals surface area contributed by atoms with Crippen molar-refractivity contribution in [1.82, 2.24) is 14.9 Å². The fourth-order valence-electron chi connectivity index (χ4n) is 1.51. The van der Waals surface area contributed by atoms with Crippen LogP contribution in [0.2, 0.25) is 0 Å². The lowest BCUT2D eigenvalue weighted by atomic mass is 10.4. The summed E-state index contributed by atoms with van der Waals surface area (Å²) in [6.45, 7) is 4.80. The molecule has 0 heterocycles. The van der Waals surface area contributed by atoms with Crippen LogP contribution in [0, 0.1) is 0 Å². The first-order chi connectivity index (χ1) is 8.95. The minimum Gasteiger partial charge on any atom is -0.383 e. The Morgan fingerprint density at radius 2 is 1.95 bits per heavy atom. The highest BCUT2D eigenvalue weighted by Gasteiger charge is 2.13. The second kappa shape index (κ2) is 9.99. The van der Waals surface area contributed by atoms with Gasteiger partial charge >= 0.3 is 0 Å². The Labute approximate surface area is 116 Å². The molecule has 0 aromatic carbocycles. The van der Waals surface area contributed by atoms with Crippen molar-refractivity contribution in [2.75, 3.05) is 53.2 Å². The Morgan fingerprint density at radius 1 is 1.32 bits per heavy atom. The fraction of sp³-hybridized carbons (Fsp3) is 0.909. The Kier molecular flexibility index (Phi) is 9.54. The average Bonchev–Trinajstić information content (AvgIpc) is 2.35. The minimum absolute atomic E-state index is 0.500. The molecule has 0 saturated heterocycles. The van der Waals surface area contributed by atoms with Crippen LogP contribution in [0.4, 0.5) is 0 Å². The molecule has 19 heavy (non-hydrogen) atoms. The Bertz CT molecular complexity index is 357. The number of nitrogens with zero attached hydrogens (tertiary/aromatic N) is 2. The largest absolute Gasteiger partial charge is 0.383 e. The van der Waals surface area contributed by atoms with E-state index in [1.54, 1.807) is 14.2 Å². The van der Waals surface area contributed by atoms with Crippen LogP contribution in [0.5, 0.6) is 0 Å². The van der Waals surface area contributed by atoms with Gasteiger partial charge in [0.2, 0.25) is 10.0 Å². The number of hydrogen-bond acceptors (Lipinski definition) is 4. The lowest BCUT2D eigenvalue weighted by molar-refractivity contribution is 0.203. The van der Waals surface area contributed by atoms with Gasteiger partial charge < -0.3 is 15.4 Å². The molecule has 0 aliphatic rings. The van der Waals surface area contributed by atoms with Crippen molar-refractivity contribution in [3.05, 3.63) is 0 Å². The number of ether oxygens (including phenoxy) is 1. The summed E-state index contributed by atoms with van der Waals surface area (Å²) in [6.07, 6.45) is 1.96. The van der Waals surface area contributed by atoms with Crippen molar-refractivity contribution in [3.63, 3.8) is 0 Å². The van der Waals surface area contributed by atoms with Gasteiger partial charge in [-0.25, -0.2) is 12.7 Å². The van der Waals surface area contributed by atoms with E-state index in [4.69, 9.17) is 4.74 Å². The molecule has 0 spiro atoms. The first kappa shape index (κ1) is 18.1. The van der Waals surface area contributed by atoms with Gasteiger partial charge in [-0.3, -0.25) is 4.99 Å². The molecule has 0 unspecified atom stereocenters. The average molecular weight is 294 g/mol. The molecule has 0 aliphatic carbocycles. The first-order valence-electron chi connectivity index (χ1n) is 6.34. The molecule has 0 atom stereocenters. The molecular formula is C11H26N4O3S. The molecule has 114 valence electrons. The number of hydrogen-bond donors (Lipinski definition) is 2. The van der Waals surface area contributed by atoms with Crippen LogP contribution in [0.15, 0.2) is 4.99 Å². The van der Waals surface area contributed by atoms with Crippen molar-refractivity contribution in [3.8, 4) is 0 Å². The summed E-state index contributed by atoms with van der Waals surface area (Å²) in [5, 5.41) is 6.21. The molecule has 0 amide bonds. The number of sulfonamides is 1. The topological polar surface area (TPSA) is 83.0 Å². The van der Waals surface area contributed by atoms with Crippen LogP contribution >= 0.6 is 0 Å². The summed E-state index contributed by atoms with van der Waals surface area (Å²) in [5.41, 5.74) is 0. The van der Waals surface area contributed by atoms with E-state index < -0.39 is 10.0 Å². The van der Waals surface area contributed by atoms with E-state index in [1.807, 2.05) is 6.92 Å². The standard InChI is InChI=1S/C11H26N4O3S/c1-5-15(19(4,16)17)9-6-7-13-11(12-2)14-8-10-18-3/h5-10H2,1-4H3,(H2,12,13,14). The third kappa shape index (κ3) is 8.79. The van der Waals surface area contributed by atoms with Gasteiger partial charge in [0.25, 0.3) is 0 Å². The summed E-state index contributed by atoms with van der Waals surface area (Å²) in [4.78, 5) is 4.05. The van der Waals surface area contributed by atoms with Crippen LogP contribution in [0.1, 0.15) is 13.3 Å². The molecular weight excluding hydrogens is 268 g/mol. The van der Waals surface area contributed by atoms with E-state index >= 15 is 0 Å². The third-order valence-electron chi connectivity index (χ3n) is 2.52. The molecule has 0 aromatic rings. The highest BCUT2D eigenvalue weighted by atomic mass is 32.2. The Hall–Kier alpha value is -0.860. The molecule has 0 aromatic heterocycles. The maximum atomic E-state index is 11.4. The lowest BCUT2D eigenvalue weighted by Gasteiger charge is -2.18. The van der Waals surface area contributed by atoms with Crippen LogP contribution in [-0.2, 0) is 14.8 Å². The van der Waals surface area contributed by atoms with Crippen molar-refractivity contribution >= 4 is 16.0 Å². The highest BCUT2D eigenvalue weighted by molar-refractivity contribution is 7.88. The highest BCUT2D eigenvalue weighted by Crippen LogP contribution is 1.97. The maximum Gasteiger partial charge on any atom is 0.211 e. The monoisotopic (exact) mass is 294 g/mol. The molecule has 0 radical (unpaired) electrons. The molecule has 7 nitrogen and oxygen atoms in total. The number of methoxy groups -OCH3 is 1. The Morgan fingerprint density at radius 3 is 2.42 bits per heavy atom. The van der Waals surface area contributed by atoms with Gasteiger partial charge in [-0.2, -0.15) is 0 Å². The van der Waals surface area contributed by atoms with Crippen LogP contribution in [-0.4, -0.2) is 71.9 Å². The molecule has 8 heteroatoms. The molecule has 0 rings (SSSR count). The predicted molar refractivity (Wildman–Crippen MR) is 77.9 cm³/mol. The van der Waals surface area contributed by atoms with E-state index in [9.17, 15) is 8.42 Å². The Balaban J connectivity index is 3.89. The van der Waals surface area contributed by atoms with E-state index in [1.165, 1.54) is 10.6 Å². The van der Waals surface area contributed by atoms with Gasteiger partial charge in [0.05, 0.1) is 12.9 Å². The zero-order valence-corrected chi connectivity index (χ0v) is 13.1. The van der Waals surface area contributed by atoms with E-state index in [0.29, 0.717) is 38.7 Å². The van der Waals surface area contributed by atoms with Crippen molar-refractivity contribution in [1.29, 1.82) is 0 Å². The van der Waals surface area contributed by atoms with E-state index in [2.05, 4.69) is 15.6 Å². The zero-order chi connectivity index (χ0) is 14.7. The second-order valence-electron chi connectivity index (χ2n) is 4.03. The predicted octanol–water partition coefficient (Wildman–Crippen LogP) is -0.531. The third-order valence-corrected chi connectivity index (χ3v) is 3.90. The normalized spacial score (nSPS) is 12.8. The van der Waals surface area contributed by atoms with E-state index in [0.717, 1.165) is 6.42 Å². The fourth-order valence-corrected chi connectivity index (χ4v) is 2.44. The van der Waals surface area contributed by atoms with Crippen LogP contribution in [0.3, 0.4) is 0 Å². The molecule has 0 saturated carbocycles. The number of rotatable bonds is 9. The first-order valence-corrected chi connectivity index (χ1v) is 8.19. The van der Waals surface area contributed by atoms with Gasteiger partial charge in [-0.15, -0.1) is 0 Å². The summed E-state index contributed by atoms with van der Waals surface area (Å²) < 4.78 is 29.1. The minimum atomic E-state index is -3.10. The molecule has 0 bridgehead atoms. The second-order valence-corrected chi connectivity index (χ2v) is 6.01. The molecule has 0 aliphatic heterocycles. The van der Waals surface area contributed by atoms with Gasteiger partial charge in [0.15, 0.2) is 5.96 Å². The SMILES string of the molecule is CCN(CCCNC(=NC)NCCOC)S(C)(=O)=O. The van der Waals surface area contributed by atoms with Crippen LogP contribution in [0.25, 0.3) is 0 Å². The lowest BCUT2D eigenvalue weighted by Crippen LogP contribution is -2.40. The van der Waals surface area contributed by atoms with Gasteiger partial charge in [-0.05, 0) is 6.42 Å². The van der Waals surface area contributed by atoms with Gasteiger partial charge in [0.1, 0.15) is 0 Å². The summed E-state index contributed by atoms with van der Waals surface area (Å²) in [7, 11) is 0.237. The smallest absolute Gasteiger partial charge is 0.211 e. The molecule has 0 fully saturated rings. The van der Waals surface area contributed by atoms with Crippen molar-refractivity contribution in [2.45, 2.75) is 13.3 Å². The molecule has 2 N–H and O–H groups in total. The maximum absolute atomic E-state index is 11.4. The number of aliphatic imine (C=N–C) groups is 1. The van der Waals surface area contributed by atoms with Gasteiger partial charge in [0, 0.05) is 40.3 Å². The summed E-state index contributed by atoms with van der Waals surface area (Å²) >= 11 is 0. The quantitative estimate of drug-likeness (QED) is 0.339. The number of guanidine groups is 1. The summed E-state index contributed by atoms with van der Waals surface area (Å²) in [6, 6.07) is 0.